The van der Waals surface area contributed by atoms with Gasteiger partial charge in [0.2, 0.25) is 0 Å². The second-order valence-electron chi connectivity index (χ2n) is 6.16. The number of fused-ring (bicyclic) bond motifs is 1. The van der Waals surface area contributed by atoms with Gasteiger partial charge in [-0.05, 0) is 30.2 Å². The highest BCUT2D eigenvalue weighted by Gasteiger charge is 2.26. The number of carbonyl (C=O) groups is 1. The molecule has 0 amide bonds. The molecule has 3 heteroatoms. The zero-order chi connectivity index (χ0) is 16.4. The van der Waals surface area contributed by atoms with Crippen LogP contribution in [0.2, 0.25) is 0 Å². The molecule has 3 aromatic rings. The van der Waals surface area contributed by atoms with Crippen LogP contribution in [-0.4, -0.2) is 17.2 Å². The van der Waals surface area contributed by atoms with Crippen molar-refractivity contribution < 1.29 is 9.21 Å². The van der Waals surface area contributed by atoms with Crippen molar-refractivity contribution in [3.05, 3.63) is 84.3 Å². The third kappa shape index (κ3) is 2.98. The molecule has 1 aromatic heterocycles. The van der Waals surface area contributed by atoms with E-state index in [4.69, 9.17) is 4.42 Å². The first kappa shape index (κ1) is 14.8. The number of rotatable bonds is 4. The third-order valence-corrected chi connectivity index (χ3v) is 4.52. The van der Waals surface area contributed by atoms with E-state index in [0.717, 1.165) is 29.7 Å². The summed E-state index contributed by atoms with van der Waals surface area (Å²) in [5.74, 6) is 1.01. The van der Waals surface area contributed by atoms with Crippen molar-refractivity contribution in [3.8, 4) is 0 Å². The molecule has 2 heterocycles. The molecule has 0 saturated heterocycles. The lowest BCUT2D eigenvalue weighted by molar-refractivity contribution is -0.116. The smallest absolute Gasteiger partial charge is 0.159 e. The van der Waals surface area contributed by atoms with Crippen molar-refractivity contribution in [2.75, 3.05) is 6.54 Å². The Morgan fingerprint density at radius 3 is 2.67 bits per heavy atom. The Kier molecular flexibility index (Phi) is 3.91. The Morgan fingerprint density at radius 2 is 1.83 bits per heavy atom. The van der Waals surface area contributed by atoms with Crippen molar-refractivity contribution in [2.45, 2.75) is 18.9 Å². The highest BCUT2D eigenvalue weighted by molar-refractivity contribution is 5.91. The van der Waals surface area contributed by atoms with E-state index >= 15 is 0 Å². The molecule has 2 aromatic carbocycles. The monoisotopic (exact) mass is 317 g/mol. The summed E-state index contributed by atoms with van der Waals surface area (Å²) in [5.41, 5.74) is 2.17. The van der Waals surface area contributed by atoms with Gasteiger partial charge in [-0.15, -0.1) is 0 Å². The summed E-state index contributed by atoms with van der Waals surface area (Å²) in [6.07, 6.45) is 4.98. The lowest BCUT2D eigenvalue weighted by atomic mass is 10.0. The van der Waals surface area contributed by atoms with Crippen molar-refractivity contribution in [3.63, 3.8) is 0 Å². The molecular formula is C21H19NO2. The minimum absolute atomic E-state index is 0.0291. The Hall–Kier alpha value is -2.81. The van der Waals surface area contributed by atoms with E-state index in [0.29, 0.717) is 6.42 Å². The number of hydrogen-bond acceptors (Lipinski definition) is 3. The molecule has 1 aliphatic rings. The van der Waals surface area contributed by atoms with Crippen molar-refractivity contribution in [2.24, 2.45) is 0 Å². The van der Waals surface area contributed by atoms with Crippen LogP contribution in [0.25, 0.3) is 11.0 Å². The zero-order valence-corrected chi connectivity index (χ0v) is 13.4. The van der Waals surface area contributed by atoms with E-state index in [1.165, 1.54) is 5.56 Å². The normalized spacial score (nSPS) is 17.6. The largest absolute Gasteiger partial charge is 0.459 e. The standard InChI is InChI=1S/C21H19NO2/c23-18-11-13-22(12-10-16-6-2-1-3-7-16)19(15-18)21-14-17-8-4-5-9-20(17)24-21/h1-9,11,13-14,19H,10,12,15H2. The summed E-state index contributed by atoms with van der Waals surface area (Å²) >= 11 is 0. The molecule has 1 unspecified atom stereocenters. The fraction of sp³-hybridized carbons (Fsp3) is 0.190. The van der Waals surface area contributed by atoms with Gasteiger partial charge in [-0.25, -0.2) is 0 Å². The number of benzene rings is 2. The van der Waals surface area contributed by atoms with E-state index in [-0.39, 0.29) is 11.8 Å². The van der Waals surface area contributed by atoms with Crippen molar-refractivity contribution in [1.82, 2.24) is 4.90 Å². The fourth-order valence-corrected chi connectivity index (χ4v) is 3.22. The molecule has 0 bridgehead atoms. The topological polar surface area (TPSA) is 33.5 Å². The van der Waals surface area contributed by atoms with Crippen molar-refractivity contribution >= 4 is 16.8 Å². The van der Waals surface area contributed by atoms with Gasteiger partial charge in [-0.2, -0.15) is 0 Å². The third-order valence-electron chi connectivity index (χ3n) is 4.52. The fourth-order valence-electron chi connectivity index (χ4n) is 3.22. The minimum atomic E-state index is -0.0291. The van der Waals surface area contributed by atoms with Crippen LogP contribution in [0, 0.1) is 0 Å². The number of hydrogen-bond donors (Lipinski definition) is 0. The molecule has 0 spiro atoms. The maximum absolute atomic E-state index is 11.9. The molecule has 0 radical (unpaired) electrons. The maximum Gasteiger partial charge on any atom is 0.159 e. The molecule has 120 valence electrons. The van der Waals surface area contributed by atoms with Gasteiger partial charge in [0, 0.05) is 24.6 Å². The first-order chi connectivity index (χ1) is 11.8. The van der Waals surface area contributed by atoms with E-state index in [1.807, 2.05) is 36.5 Å². The highest BCUT2D eigenvalue weighted by atomic mass is 16.3. The van der Waals surface area contributed by atoms with Gasteiger partial charge < -0.3 is 9.32 Å². The number of carbonyl (C=O) groups excluding carboxylic acids is 1. The molecule has 0 aliphatic carbocycles. The average Bonchev–Trinajstić information content (AvgIpc) is 3.05. The molecule has 0 N–H and O–H groups in total. The summed E-state index contributed by atoms with van der Waals surface area (Å²) in [5, 5.41) is 1.08. The summed E-state index contributed by atoms with van der Waals surface area (Å²) < 4.78 is 6.01. The number of furan rings is 1. The van der Waals surface area contributed by atoms with Gasteiger partial charge >= 0.3 is 0 Å². The van der Waals surface area contributed by atoms with Crippen LogP contribution in [0.15, 0.2) is 77.4 Å². The summed E-state index contributed by atoms with van der Waals surface area (Å²) in [4.78, 5) is 14.1. The van der Waals surface area contributed by atoms with E-state index in [9.17, 15) is 4.79 Å². The molecule has 4 rings (SSSR count). The molecule has 24 heavy (non-hydrogen) atoms. The predicted octanol–water partition coefficient (Wildman–Crippen LogP) is 4.51. The first-order valence-electron chi connectivity index (χ1n) is 8.29. The van der Waals surface area contributed by atoms with Crippen LogP contribution in [0.5, 0.6) is 0 Å². The van der Waals surface area contributed by atoms with Gasteiger partial charge in [0.15, 0.2) is 5.78 Å². The first-order valence-corrected chi connectivity index (χ1v) is 8.29. The number of ketones is 1. The van der Waals surface area contributed by atoms with Gasteiger partial charge in [-0.3, -0.25) is 4.79 Å². The van der Waals surface area contributed by atoms with Crippen LogP contribution in [0.4, 0.5) is 0 Å². The Bertz CT molecular complexity index is 846. The SMILES string of the molecule is O=C1C=CN(CCc2ccccc2)C(c2cc3ccccc3o2)C1. The van der Waals surface area contributed by atoms with E-state index < -0.39 is 0 Å². The van der Waals surface area contributed by atoms with Crippen LogP contribution in [0.1, 0.15) is 23.8 Å². The van der Waals surface area contributed by atoms with E-state index in [1.54, 1.807) is 6.08 Å². The number of para-hydroxylation sites is 1. The Morgan fingerprint density at radius 1 is 1.04 bits per heavy atom. The van der Waals surface area contributed by atoms with Gasteiger partial charge in [0.1, 0.15) is 11.3 Å². The zero-order valence-electron chi connectivity index (χ0n) is 13.4. The molecule has 0 fully saturated rings. The quantitative estimate of drug-likeness (QED) is 0.710. The summed E-state index contributed by atoms with van der Waals surface area (Å²) in [6, 6.07) is 20.4. The minimum Gasteiger partial charge on any atom is -0.459 e. The average molecular weight is 317 g/mol. The van der Waals surface area contributed by atoms with Gasteiger partial charge in [-0.1, -0.05) is 48.5 Å². The molecule has 3 nitrogen and oxygen atoms in total. The second kappa shape index (κ2) is 6.36. The highest BCUT2D eigenvalue weighted by Crippen LogP contribution is 2.32. The molecule has 1 atom stereocenters. The second-order valence-corrected chi connectivity index (χ2v) is 6.16. The van der Waals surface area contributed by atoms with Crippen LogP contribution < -0.4 is 0 Å². The van der Waals surface area contributed by atoms with Crippen LogP contribution in [0.3, 0.4) is 0 Å². The van der Waals surface area contributed by atoms with Crippen LogP contribution >= 0.6 is 0 Å². The lowest BCUT2D eigenvalue weighted by Gasteiger charge is -2.31. The van der Waals surface area contributed by atoms with Crippen LogP contribution in [-0.2, 0) is 11.2 Å². The molecule has 0 saturated carbocycles. The Balaban J connectivity index is 1.58. The van der Waals surface area contributed by atoms with Crippen molar-refractivity contribution in [1.29, 1.82) is 0 Å². The molecule has 1 aliphatic heterocycles. The predicted molar refractivity (Wildman–Crippen MR) is 94.6 cm³/mol. The Labute approximate surface area is 141 Å². The lowest BCUT2D eigenvalue weighted by Crippen LogP contribution is -2.30. The van der Waals surface area contributed by atoms with E-state index in [2.05, 4.69) is 35.2 Å². The number of allylic oxidation sites excluding steroid dienone is 1. The molecular weight excluding hydrogens is 298 g/mol. The maximum atomic E-state index is 11.9. The summed E-state index contributed by atoms with van der Waals surface area (Å²) in [7, 11) is 0. The summed E-state index contributed by atoms with van der Waals surface area (Å²) in [6.45, 7) is 0.857. The van der Waals surface area contributed by atoms with Gasteiger partial charge in [0.25, 0.3) is 0 Å². The number of nitrogens with zero attached hydrogens (tertiary/aromatic N) is 1. The van der Waals surface area contributed by atoms with Gasteiger partial charge in [0.05, 0.1) is 6.04 Å².